The molecule has 2 rings (SSSR count). The van der Waals surface area contributed by atoms with E-state index in [4.69, 9.17) is 16.7 Å². The lowest BCUT2D eigenvalue weighted by atomic mass is 9.98. The summed E-state index contributed by atoms with van der Waals surface area (Å²) in [5, 5.41) is 9.10. The highest BCUT2D eigenvalue weighted by molar-refractivity contribution is 7.18. The standard InChI is InChI=1S/C11H11ClO3S/c1-2-11(10(14)15)5-6(11)9(13)7-3-4-8(12)16-7/h3-4,6H,2,5H2,1H3,(H,14,15). The maximum absolute atomic E-state index is 12.0. The van der Waals surface area contributed by atoms with Gasteiger partial charge in [-0.05, 0) is 25.0 Å². The largest absolute Gasteiger partial charge is 0.481 e. The first kappa shape index (κ1) is 11.6. The number of thiophene rings is 1. The fourth-order valence-electron chi connectivity index (χ4n) is 2.05. The van der Waals surface area contributed by atoms with Gasteiger partial charge in [0.15, 0.2) is 5.78 Å². The third-order valence-electron chi connectivity index (χ3n) is 3.26. The first-order valence-corrected chi connectivity index (χ1v) is 6.23. The van der Waals surface area contributed by atoms with Crippen LogP contribution in [0.2, 0.25) is 4.34 Å². The summed E-state index contributed by atoms with van der Waals surface area (Å²) < 4.78 is 0.557. The van der Waals surface area contributed by atoms with Gasteiger partial charge in [-0.3, -0.25) is 9.59 Å². The minimum Gasteiger partial charge on any atom is -0.481 e. The molecule has 1 fully saturated rings. The molecule has 3 nitrogen and oxygen atoms in total. The van der Waals surface area contributed by atoms with Gasteiger partial charge in [-0.2, -0.15) is 0 Å². The number of carboxylic acid groups (broad SMARTS) is 1. The monoisotopic (exact) mass is 258 g/mol. The van der Waals surface area contributed by atoms with Crippen LogP contribution in [-0.2, 0) is 4.79 Å². The van der Waals surface area contributed by atoms with E-state index in [2.05, 4.69) is 0 Å². The molecule has 1 aromatic heterocycles. The van der Waals surface area contributed by atoms with E-state index in [-0.39, 0.29) is 11.7 Å². The highest BCUT2D eigenvalue weighted by Crippen LogP contribution is 2.57. The van der Waals surface area contributed by atoms with E-state index >= 15 is 0 Å². The Hall–Kier alpha value is -0.870. The Morgan fingerprint density at radius 2 is 2.31 bits per heavy atom. The molecular formula is C11H11ClO3S. The van der Waals surface area contributed by atoms with Crippen LogP contribution in [0.15, 0.2) is 12.1 Å². The third kappa shape index (κ3) is 1.66. The van der Waals surface area contributed by atoms with E-state index in [0.717, 1.165) is 0 Å². The Labute approximate surface area is 102 Å². The number of ketones is 1. The van der Waals surface area contributed by atoms with Crippen molar-refractivity contribution in [3.05, 3.63) is 21.3 Å². The average molecular weight is 259 g/mol. The van der Waals surface area contributed by atoms with Gasteiger partial charge < -0.3 is 5.11 Å². The number of hydrogen-bond donors (Lipinski definition) is 1. The second kappa shape index (κ2) is 3.86. The van der Waals surface area contributed by atoms with Crippen LogP contribution in [0.4, 0.5) is 0 Å². The predicted octanol–water partition coefficient (Wildman–Crippen LogP) is 3.09. The van der Waals surface area contributed by atoms with Gasteiger partial charge in [0.2, 0.25) is 0 Å². The van der Waals surface area contributed by atoms with Gasteiger partial charge in [0.25, 0.3) is 0 Å². The number of hydrogen-bond acceptors (Lipinski definition) is 3. The molecule has 0 amide bonds. The number of carbonyl (C=O) groups is 2. The maximum Gasteiger partial charge on any atom is 0.310 e. The molecule has 0 spiro atoms. The Bertz CT molecular complexity index is 454. The van der Waals surface area contributed by atoms with Crippen molar-refractivity contribution in [2.24, 2.45) is 11.3 Å². The van der Waals surface area contributed by atoms with Gasteiger partial charge in [-0.1, -0.05) is 18.5 Å². The van der Waals surface area contributed by atoms with Gasteiger partial charge in [-0.25, -0.2) is 0 Å². The van der Waals surface area contributed by atoms with Crippen molar-refractivity contribution >= 4 is 34.7 Å². The van der Waals surface area contributed by atoms with Gasteiger partial charge in [-0.15, -0.1) is 11.3 Å². The smallest absolute Gasteiger partial charge is 0.310 e. The second-order valence-corrected chi connectivity index (χ2v) is 5.75. The van der Waals surface area contributed by atoms with Crippen molar-refractivity contribution in [3.8, 4) is 0 Å². The molecule has 16 heavy (non-hydrogen) atoms. The SMILES string of the molecule is CCC1(C(=O)O)CC1C(=O)c1ccc(Cl)s1. The quantitative estimate of drug-likeness (QED) is 0.845. The molecule has 86 valence electrons. The zero-order valence-electron chi connectivity index (χ0n) is 8.70. The van der Waals surface area contributed by atoms with E-state index in [9.17, 15) is 9.59 Å². The van der Waals surface area contributed by atoms with Gasteiger partial charge in [0.1, 0.15) is 0 Å². The van der Waals surface area contributed by atoms with Crippen LogP contribution in [0.1, 0.15) is 29.4 Å². The summed E-state index contributed by atoms with van der Waals surface area (Å²) in [5.41, 5.74) is -0.826. The molecule has 0 radical (unpaired) electrons. The predicted molar refractivity (Wildman–Crippen MR) is 62.1 cm³/mol. The van der Waals surface area contributed by atoms with Gasteiger partial charge in [0.05, 0.1) is 14.6 Å². The summed E-state index contributed by atoms with van der Waals surface area (Å²) >= 11 is 6.96. The van der Waals surface area contributed by atoms with E-state index < -0.39 is 11.4 Å². The first-order valence-electron chi connectivity index (χ1n) is 5.04. The topological polar surface area (TPSA) is 54.4 Å². The summed E-state index contributed by atoms with van der Waals surface area (Å²) in [7, 11) is 0. The molecule has 0 aromatic carbocycles. The Morgan fingerprint density at radius 1 is 1.62 bits per heavy atom. The zero-order valence-corrected chi connectivity index (χ0v) is 10.3. The lowest BCUT2D eigenvalue weighted by molar-refractivity contribution is -0.143. The number of halogens is 1. The Morgan fingerprint density at radius 3 is 2.69 bits per heavy atom. The Kier molecular flexibility index (Phi) is 2.80. The minimum absolute atomic E-state index is 0.0823. The summed E-state index contributed by atoms with van der Waals surface area (Å²) in [6, 6.07) is 3.33. The summed E-state index contributed by atoms with van der Waals surface area (Å²) in [6.45, 7) is 1.81. The fraction of sp³-hybridized carbons (Fsp3) is 0.455. The molecule has 1 aliphatic carbocycles. The van der Waals surface area contributed by atoms with E-state index in [1.165, 1.54) is 11.3 Å². The van der Waals surface area contributed by atoms with Crippen LogP contribution in [0.25, 0.3) is 0 Å². The van der Waals surface area contributed by atoms with Gasteiger partial charge >= 0.3 is 5.97 Å². The molecule has 0 saturated heterocycles. The van der Waals surface area contributed by atoms with E-state index in [1.54, 1.807) is 12.1 Å². The van der Waals surface area contributed by atoms with Crippen LogP contribution in [0, 0.1) is 11.3 Å². The number of carbonyl (C=O) groups excluding carboxylic acids is 1. The summed E-state index contributed by atoms with van der Waals surface area (Å²) in [4.78, 5) is 23.6. The average Bonchev–Trinajstić information content (AvgIpc) is 2.86. The Balaban J connectivity index is 2.18. The van der Waals surface area contributed by atoms with Crippen LogP contribution in [0.5, 0.6) is 0 Å². The molecule has 1 heterocycles. The van der Waals surface area contributed by atoms with E-state index in [1.807, 2.05) is 6.92 Å². The highest BCUT2D eigenvalue weighted by atomic mass is 35.5. The molecule has 5 heteroatoms. The van der Waals surface area contributed by atoms with Crippen molar-refractivity contribution in [1.82, 2.24) is 0 Å². The van der Waals surface area contributed by atoms with E-state index in [0.29, 0.717) is 22.1 Å². The molecule has 1 saturated carbocycles. The summed E-state index contributed by atoms with van der Waals surface area (Å²) in [5.74, 6) is -1.32. The minimum atomic E-state index is -0.865. The number of Topliss-reactive ketones (excluding diaryl/α,β-unsaturated/α-hetero) is 1. The molecule has 2 unspecified atom stereocenters. The van der Waals surface area contributed by atoms with Crippen molar-refractivity contribution in [2.45, 2.75) is 19.8 Å². The number of carboxylic acids is 1. The third-order valence-corrected chi connectivity index (χ3v) is 4.51. The van der Waals surface area contributed by atoms with Crippen LogP contribution < -0.4 is 0 Å². The van der Waals surface area contributed by atoms with Crippen LogP contribution >= 0.6 is 22.9 Å². The van der Waals surface area contributed by atoms with Crippen molar-refractivity contribution in [3.63, 3.8) is 0 Å². The van der Waals surface area contributed by atoms with Crippen LogP contribution in [0.3, 0.4) is 0 Å². The molecule has 0 aliphatic heterocycles. The molecule has 1 aliphatic rings. The van der Waals surface area contributed by atoms with Crippen LogP contribution in [-0.4, -0.2) is 16.9 Å². The van der Waals surface area contributed by atoms with Gasteiger partial charge in [0, 0.05) is 5.92 Å². The lowest BCUT2D eigenvalue weighted by Gasteiger charge is -2.07. The van der Waals surface area contributed by atoms with Crippen molar-refractivity contribution < 1.29 is 14.7 Å². The second-order valence-electron chi connectivity index (χ2n) is 4.04. The lowest BCUT2D eigenvalue weighted by Crippen LogP contribution is -2.19. The highest BCUT2D eigenvalue weighted by Gasteiger charge is 2.62. The van der Waals surface area contributed by atoms with Crippen molar-refractivity contribution in [1.29, 1.82) is 0 Å². The molecular weight excluding hydrogens is 248 g/mol. The number of rotatable bonds is 4. The normalized spacial score (nSPS) is 27.8. The number of aliphatic carboxylic acids is 1. The molecule has 1 N–H and O–H groups in total. The fourth-order valence-corrected chi connectivity index (χ4v) is 3.08. The molecule has 0 bridgehead atoms. The molecule has 1 aromatic rings. The molecule has 2 atom stereocenters. The first-order chi connectivity index (χ1) is 7.51. The van der Waals surface area contributed by atoms with Crippen molar-refractivity contribution in [2.75, 3.05) is 0 Å². The summed E-state index contributed by atoms with van der Waals surface area (Å²) in [6.07, 6.45) is 0.949. The zero-order chi connectivity index (χ0) is 11.9. The maximum atomic E-state index is 12.0.